The van der Waals surface area contributed by atoms with Crippen LogP contribution in [0.2, 0.25) is 10.0 Å². The fourth-order valence-corrected chi connectivity index (χ4v) is 3.73. The summed E-state index contributed by atoms with van der Waals surface area (Å²) in [6, 6.07) is 12.4. The second-order valence-electron chi connectivity index (χ2n) is 7.60. The van der Waals surface area contributed by atoms with Crippen LogP contribution in [0.1, 0.15) is 22.8 Å². The zero-order chi connectivity index (χ0) is 28.4. The third kappa shape index (κ3) is 7.92. The van der Waals surface area contributed by atoms with Gasteiger partial charge in [0.25, 0.3) is 5.91 Å². The summed E-state index contributed by atoms with van der Waals surface area (Å²) in [5, 5.41) is 4.66. The zero-order valence-electron chi connectivity index (χ0n) is 21.6. The number of nitrogens with zero attached hydrogens (tertiary/aromatic N) is 1. The number of amides is 1. The minimum absolute atomic E-state index is 0.183. The number of carbonyl (C=O) groups is 2. The molecule has 0 radical (unpaired) electrons. The molecule has 3 rings (SSSR count). The molecule has 0 aliphatic heterocycles. The Balaban J connectivity index is 1.67. The molecule has 3 aromatic carbocycles. The molecule has 0 aromatic heterocycles. The molecule has 1 N–H and O–H groups in total. The van der Waals surface area contributed by atoms with Gasteiger partial charge in [-0.05, 0) is 61.0 Å². The van der Waals surface area contributed by atoms with Crippen molar-refractivity contribution >= 4 is 41.3 Å². The van der Waals surface area contributed by atoms with Crippen molar-refractivity contribution in [3.05, 3.63) is 69.7 Å². The topological polar surface area (TPSA) is 114 Å². The van der Waals surface area contributed by atoms with E-state index < -0.39 is 11.9 Å². The molecule has 3 aromatic rings. The van der Waals surface area contributed by atoms with Gasteiger partial charge in [0.05, 0.1) is 44.7 Å². The van der Waals surface area contributed by atoms with E-state index >= 15 is 0 Å². The van der Waals surface area contributed by atoms with Gasteiger partial charge in [-0.3, -0.25) is 4.79 Å². The first-order valence-electron chi connectivity index (χ1n) is 11.5. The highest BCUT2D eigenvalue weighted by atomic mass is 35.5. The van der Waals surface area contributed by atoms with E-state index in [4.69, 9.17) is 51.6 Å². The molecule has 39 heavy (non-hydrogen) atoms. The molecule has 0 spiro atoms. The maximum atomic E-state index is 12.9. The molecule has 0 atom stereocenters. The molecule has 10 nitrogen and oxygen atoms in total. The van der Waals surface area contributed by atoms with Gasteiger partial charge in [0, 0.05) is 5.02 Å². The molecule has 0 saturated carbocycles. The molecule has 0 aliphatic rings. The van der Waals surface area contributed by atoms with E-state index in [0.29, 0.717) is 45.9 Å². The van der Waals surface area contributed by atoms with Crippen molar-refractivity contribution in [1.82, 2.24) is 5.43 Å². The van der Waals surface area contributed by atoms with Gasteiger partial charge in [0.2, 0.25) is 5.75 Å². The monoisotopic (exact) mass is 576 g/mol. The summed E-state index contributed by atoms with van der Waals surface area (Å²) >= 11 is 11.9. The van der Waals surface area contributed by atoms with Crippen molar-refractivity contribution in [2.45, 2.75) is 6.92 Å². The molecule has 0 heterocycles. The van der Waals surface area contributed by atoms with Crippen molar-refractivity contribution < 1.29 is 38.0 Å². The fourth-order valence-electron chi connectivity index (χ4n) is 3.26. The standard InChI is InChI=1S/C27H26Cl2N2O8/c1-5-37-22-10-16(14-30-31-25(32)15-38-20-9-7-18(28)13-19(20)29)6-8-21(22)39-27(33)17-11-23(34-2)26(36-4)24(12-17)35-3/h6-14H,5,15H2,1-4H3,(H,31,32). The molecule has 0 unspecified atom stereocenters. The van der Waals surface area contributed by atoms with Crippen LogP contribution in [0.25, 0.3) is 0 Å². The molecular weight excluding hydrogens is 551 g/mol. The number of carbonyl (C=O) groups excluding carboxylic acids is 2. The Morgan fingerprint density at radius 2 is 1.54 bits per heavy atom. The minimum atomic E-state index is -0.662. The van der Waals surface area contributed by atoms with Crippen LogP contribution in [0, 0.1) is 0 Å². The van der Waals surface area contributed by atoms with E-state index in [2.05, 4.69) is 10.5 Å². The van der Waals surface area contributed by atoms with Gasteiger partial charge in [-0.15, -0.1) is 0 Å². The number of hydrazone groups is 1. The maximum absolute atomic E-state index is 12.9. The predicted molar refractivity (Wildman–Crippen MR) is 146 cm³/mol. The van der Waals surface area contributed by atoms with Crippen LogP contribution in [-0.2, 0) is 4.79 Å². The van der Waals surface area contributed by atoms with E-state index in [9.17, 15) is 9.59 Å². The highest BCUT2D eigenvalue weighted by Crippen LogP contribution is 2.39. The quantitative estimate of drug-likeness (QED) is 0.136. The van der Waals surface area contributed by atoms with Gasteiger partial charge in [-0.1, -0.05) is 23.2 Å². The number of halogens is 2. The number of ether oxygens (including phenoxy) is 6. The van der Waals surface area contributed by atoms with Gasteiger partial charge in [-0.25, -0.2) is 10.2 Å². The number of methoxy groups -OCH3 is 3. The summed E-state index contributed by atoms with van der Waals surface area (Å²) in [4.78, 5) is 25.0. The lowest BCUT2D eigenvalue weighted by atomic mass is 10.1. The third-order valence-electron chi connectivity index (χ3n) is 5.03. The zero-order valence-corrected chi connectivity index (χ0v) is 23.1. The van der Waals surface area contributed by atoms with Crippen LogP contribution in [0.4, 0.5) is 0 Å². The molecule has 0 fully saturated rings. The van der Waals surface area contributed by atoms with Crippen LogP contribution >= 0.6 is 23.2 Å². The lowest BCUT2D eigenvalue weighted by Gasteiger charge is -2.15. The van der Waals surface area contributed by atoms with Gasteiger partial charge in [0.15, 0.2) is 29.6 Å². The smallest absolute Gasteiger partial charge is 0.343 e. The van der Waals surface area contributed by atoms with Crippen LogP contribution in [-0.4, -0.2) is 52.6 Å². The molecule has 206 valence electrons. The SMILES string of the molecule is CCOc1cc(C=NNC(=O)COc2ccc(Cl)cc2Cl)ccc1OC(=O)c1cc(OC)c(OC)c(OC)c1. The second kappa shape index (κ2) is 14.1. The number of rotatable bonds is 12. The van der Waals surface area contributed by atoms with Crippen molar-refractivity contribution in [2.24, 2.45) is 5.10 Å². The first-order valence-corrected chi connectivity index (χ1v) is 12.2. The average Bonchev–Trinajstić information content (AvgIpc) is 2.93. The first-order chi connectivity index (χ1) is 18.8. The van der Waals surface area contributed by atoms with Gasteiger partial charge in [-0.2, -0.15) is 5.10 Å². The molecule has 0 saturated heterocycles. The summed E-state index contributed by atoms with van der Waals surface area (Å²) in [6.07, 6.45) is 1.40. The number of hydrogen-bond donors (Lipinski definition) is 1. The number of nitrogens with one attached hydrogen (secondary N) is 1. The Kier molecular flexibility index (Phi) is 10.7. The Hall–Kier alpha value is -4.15. The van der Waals surface area contributed by atoms with E-state index in [1.807, 2.05) is 0 Å². The third-order valence-corrected chi connectivity index (χ3v) is 5.56. The lowest BCUT2D eigenvalue weighted by molar-refractivity contribution is -0.123. The first kappa shape index (κ1) is 29.4. The van der Waals surface area contributed by atoms with E-state index in [1.54, 1.807) is 37.3 Å². The number of esters is 1. The summed E-state index contributed by atoms with van der Waals surface area (Å²) in [6.45, 7) is 1.80. The van der Waals surface area contributed by atoms with Crippen molar-refractivity contribution in [3.63, 3.8) is 0 Å². The Morgan fingerprint density at radius 3 is 2.15 bits per heavy atom. The number of hydrogen-bond acceptors (Lipinski definition) is 9. The fraction of sp³-hybridized carbons (Fsp3) is 0.222. The maximum Gasteiger partial charge on any atom is 0.343 e. The summed E-state index contributed by atoms with van der Waals surface area (Å²) in [5.74, 6) is 0.608. The lowest BCUT2D eigenvalue weighted by Crippen LogP contribution is -2.24. The second-order valence-corrected chi connectivity index (χ2v) is 8.44. The van der Waals surface area contributed by atoms with Crippen molar-refractivity contribution in [2.75, 3.05) is 34.5 Å². The molecule has 0 bridgehead atoms. The van der Waals surface area contributed by atoms with Gasteiger partial charge < -0.3 is 28.4 Å². The highest BCUT2D eigenvalue weighted by Gasteiger charge is 2.20. The Bertz CT molecular complexity index is 1340. The molecule has 12 heteroatoms. The van der Waals surface area contributed by atoms with E-state index in [-0.39, 0.29) is 22.9 Å². The molecule has 0 aliphatic carbocycles. The largest absolute Gasteiger partial charge is 0.493 e. The highest BCUT2D eigenvalue weighted by molar-refractivity contribution is 6.35. The van der Waals surface area contributed by atoms with E-state index in [1.165, 1.54) is 45.7 Å². The minimum Gasteiger partial charge on any atom is -0.493 e. The normalized spacial score (nSPS) is 10.6. The summed E-state index contributed by atoms with van der Waals surface area (Å²) in [7, 11) is 4.36. The summed E-state index contributed by atoms with van der Waals surface area (Å²) in [5.41, 5.74) is 3.12. The van der Waals surface area contributed by atoms with Crippen molar-refractivity contribution in [3.8, 4) is 34.5 Å². The molecule has 1 amide bonds. The van der Waals surface area contributed by atoms with Crippen LogP contribution in [0.15, 0.2) is 53.6 Å². The van der Waals surface area contributed by atoms with Crippen LogP contribution in [0.5, 0.6) is 34.5 Å². The Morgan fingerprint density at radius 1 is 0.846 bits per heavy atom. The van der Waals surface area contributed by atoms with Crippen LogP contribution < -0.4 is 33.8 Å². The summed E-state index contributed by atoms with van der Waals surface area (Å²) < 4.78 is 32.5. The molecular formula is C27H26Cl2N2O8. The van der Waals surface area contributed by atoms with E-state index in [0.717, 1.165) is 0 Å². The van der Waals surface area contributed by atoms with Gasteiger partial charge in [0.1, 0.15) is 5.75 Å². The average molecular weight is 577 g/mol. The van der Waals surface area contributed by atoms with Crippen molar-refractivity contribution in [1.29, 1.82) is 0 Å². The van der Waals surface area contributed by atoms with Gasteiger partial charge >= 0.3 is 5.97 Å². The number of benzene rings is 3. The van der Waals surface area contributed by atoms with Crippen LogP contribution in [0.3, 0.4) is 0 Å². The Labute approximate surface area is 235 Å². The predicted octanol–water partition coefficient (Wildman–Crippen LogP) is 5.17.